The van der Waals surface area contributed by atoms with Gasteiger partial charge in [-0.15, -0.1) is 0 Å². The number of hydrogen-bond donors (Lipinski definition) is 1. The van der Waals surface area contributed by atoms with Crippen LogP contribution in [0.4, 0.5) is 11.5 Å². The van der Waals surface area contributed by atoms with Crippen LogP contribution in [0.25, 0.3) is 0 Å². The molecular weight excluding hydrogens is 268 g/mol. The zero-order chi connectivity index (χ0) is 14.0. The van der Waals surface area contributed by atoms with E-state index in [2.05, 4.69) is 5.10 Å². The van der Waals surface area contributed by atoms with Gasteiger partial charge >= 0.3 is 5.69 Å². The van der Waals surface area contributed by atoms with Crippen molar-refractivity contribution in [1.82, 2.24) is 9.78 Å². The monoisotopic (exact) mass is 280 g/mol. The van der Waals surface area contributed by atoms with Gasteiger partial charge in [-0.25, -0.2) is 4.68 Å². The third-order valence-electron chi connectivity index (χ3n) is 2.87. The Morgan fingerprint density at radius 1 is 1.47 bits per heavy atom. The van der Waals surface area contributed by atoms with Gasteiger partial charge in [-0.2, -0.15) is 5.10 Å². The number of benzene rings is 1. The van der Waals surface area contributed by atoms with Crippen LogP contribution in [0.2, 0.25) is 5.02 Å². The second-order valence-electron chi connectivity index (χ2n) is 4.30. The number of rotatable bonds is 4. The zero-order valence-electron chi connectivity index (χ0n) is 10.3. The van der Waals surface area contributed by atoms with E-state index >= 15 is 0 Å². The number of nitrogen functional groups attached to an aromatic ring is 1. The van der Waals surface area contributed by atoms with Gasteiger partial charge in [0.1, 0.15) is 6.20 Å². The molecule has 7 heteroatoms. The molecular formula is C12H13ClN4O2. The number of nitrogens with two attached hydrogens (primary N) is 1. The van der Waals surface area contributed by atoms with E-state index in [1.165, 1.54) is 10.9 Å². The average Bonchev–Trinajstić information content (AvgIpc) is 2.74. The molecule has 19 heavy (non-hydrogen) atoms. The van der Waals surface area contributed by atoms with Gasteiger partial charge in [-0.1, -0.05) is 23.7 Å². The van der Waals surface area contributed by atoms with E-state index in [0.717, 1.165) is 5.56 Å². The molecule has 2 N–H and O–H groups in total. The van der Waals surface area contributed by atoms with Crippen LogP contribution in [0.1, 0.15) is 18.5 Å². The minimum atomic E-state index is -0.534. The Kier molecular flexibility index (Phi) is 3.71. The molecule has 1 atom stereocenters. The van der Waals surface area contributed by atoms with Crippen molar-refractivity contribution in [2.75, 3.05) is 5.73 Å². The summed E-state index contributed by atoms with van der Waals surface area (Å²) in [6, 6.07) is 7.35. The molecule has 100 valence electrons. The van der Waals surface area contributed by atoms with Crippen molar-refractivity contribution in [3.63, 3.8) is 0 Å². The van der Waals surface area contributed by atoms with Gasteiger partial charge in [0.15, 0.2) is 0 Å². The fourth-order valence-corrected chi connectivity index (χ4v) is 2.03. The lowest BCUT2D eigenvalue weighted by atomic mass is 10.1. The first kappa shape index (κ1) is 13.4. The maximum Gasteiger partial charge on any atom is 0.330 e. The van der Waals surface area contributed by atoms with Gasteiger partial charge in [0.05, 0.1) is 11.0 Å². The highest BCUT2D eigenvalue weighted by molar-refractivity contribution is 6.30. The van der Waals surface area contributed by atoms with Crippen molar-refractivity contribution in [3.8, 4) is 0 Å². The van der Waals surface area contributed by atoms with E-state index in [4.69, 9.17) is 17.3 Å². The minimum absolute atomic E-state index is 0.0742. The molecule has 0 aliphatic carbocycles. The summed E-state index contributed by atoms with van der Waals surface area (Å²) < 4.78 is 1.47. The van der Waals surface area contributed by atoms with Gasteiger partial charge in [-0.05, 0) is 31.0 Å². The van der Waals surface area contributed by atoms with Crippen LogP contribution in [0.15, 0.2) is 30.5 Å². The largest absolute Gasteiger partial charge is 0.378 e. The van der Waals surface area contributed by atoms with Crippen molar-refractivity contribution in [2.45, 2.75) is 19.4 Å². The fourth-order valence-electron chi connectivity index (χ4n) is 1.90. The molecule has 0 aliphatic rings. The van der Waals surface area contributed by atoms with Crippen LogP contribution >= 0.6 is 11.6 Å². The standard InChI is InChI=1S/C12H13ClN4O2/c1-8(6-9-2-4-10(13)5-3-9)16-12(14)11(7-15-16)17(18)19/h2-5,7-8H,6,14H2,1H3. The molecule has 0 spiro atoms. The number of nitrogens with zero attached hydrogens (tertiary/aromatic N) is 3. The first-order valence-electron chi connectivity index (χ1n) is 5.71. The summed E-state index contributed by atoms with van der Waals surface area (Å²) in [5, 5.41) is 15.4. The third-order valence-corrected chi connectivity index (χ3v) is 3.12. The first-order valence-corrected chi connectivity index (χ1v) is 6.08. The number of nitro groups is 1. The predicted molar refractivity (Wildman–Crippen MR) is 73.2 cm³/mol. The number of hydrogen-bond acceptors (Lipinski definition) is 4. The van der Waals surface area contributed by atoms with Crippen molar-refractivity contribution >= 4 is 23.1 Å². The second kappa shape index (κ2) is 5.27. The molecule has 2 aromatic rings. The van der Waals surface area contributed by atoms with Crippen LogP contribution in [-0.2, 0) is 6.42 Å². The molecule has 0 amide bonds. The smallest absolute Gasteiger partial charge is 0.330 e. The van der Waals surface area contributed by atoms with Gasteiger partial charge in [0.2, 0.25) is 5.82 Å². The summed E-state index contributed by atoms with van der Waals surface area (Å²) in [7, 11) is 0. The minimum Gasteiger partial charge on any atom is -0.378 e. The lowest BCUT2D eigenvalue weighted by molar-refractivity contribution is -0.384. The molecule has 0 saturated carbocycles. The number of aromatic nitrogens is 2. The molecule has 0 aliphatic heterocycles. The molecule has 0 saturated heterocycles. The lowest BCUT2D eigenvalue weighted by Crippen LogP contribution is -2.13. The Hall–Kier alpha value is -2.08. The number of anilines is 1. The summed E-state index contributed by atoms with van der Waals surface area (Å²) in [6.45, 7) is 1.90. The number of halogens is 1. The summed E-state index contributed by atoms with van der Waals surface area (Å²) in [5.74, 6) is 0.0754. The van der Waals surface area contributed by atoms with Crippen molar-refractivity contribution in [3.05, 3.63) is 51.2 Å². The van der Waals surface area contributed by atoms with Gasteiger partial charge < -0.3 is 5.73 Å². The van der Waals surface area contributed by atoms with Crippen LogP contribution < -0.4 is 5.73 Å². The first-order chi connectivity index (χ1) is 8.99. The maximum absolute atomic E-state index is 10.7. The van der Waals surface area contributed by atoms with Crippen molar-refractivity contribution < 1.29 is 4.92 Å². The highest BCUT2D eigenvalue weighted by atomic mass is 35.5. The molecule has 0 radical (unpaired) electrons. The van der Waals surface area contributed by atoms with Gasteiger partial charge in [0, 0.05) is 5.02 Å². The van der Waals surface area contributed by atoms with E-state index in [1.54, 1.807) is 12.1 Å². The summed E-state index contributed by atoms with van der Waals surface area (Å²) >= 11 is 5.82. The van der Waals surface area contributed by atoms with Gasteiger partial charge in [-0.3, -0.25) is 10.1 Å². The second-order valence-corrected chi connectivity index (χ2v) is 4.73. The molecule has 0 bridgehead atoms. The molecule has 2 rings (SSSR count). The molecule has 1 aromatic carbocycles. The molecule has 1 unspecified atom stereocenters. The average molecular weight is 281 g/mol. The van der Waals surface area contributed by atoms with Crippen molar-refractivity contribution in [1.29, 1.82) is 0 Å². The Labute approximate surface area is 114 Å². The van der Waals surface area contributed by atoms with E-state index < -0.39 is 4.92 Å². The lowest BCUT2D eigenvalue weighted by Gasteiger charge is -2.13. The molecule has 1 aromatic heterocycles. The maximum atomic E-state index is 10.7. The van der Waals surface area contributed by atoms with Crippen molar-refractivity contribution in [2.24, 2.45) is 0 Å². The topological polar surface area (TPSA) is 87.0 Å². The Morgan fingerprint density at radius 3 is 2.63 bits per heavy atom. The SMILES string of the molecule is CC(Cc1ccc(Cl)cc1)n1ncc([N+](=O)[O-])c1N. The highest BCUT2D eigenvalue weighted by Gasteiger charge is 2.20. The Balaban J connectivity index is 2.18. The normalized spacial score (nSPS) is 12.3. The van der Waals surface area contributed by atoms with Crippen LogP contribution in [-0.4, -0.2) is 14.7 Å². The van der Waals surface area contributed by atoms with E-state index in [-0.39, 0.29) is 17.5 Å². The summed E-state index contributed by atoms with van der Waals surface area (Å²) in [6.07, 6.45) is 1.84. The zero-order valence-corrected chi connectivity index (χ0v) is 11.0. The van der Waals surface area contributed by atoms with E-state index in [9.17, 15) is 10.1 Å². The third kappa shape index (κ3) is 2.85. The molecule has 1 heterocycles. The molecule has 6 nitrogen and oxygen atoms in total. The fraction of sp³-hybridized carbons (Fsp3) is 0.250. The summed E-state index contributed by atoms with van der Waals surface area (Å²) in [4.78, 5) is 10.2. The predicted octanol–water partition coefficient (Wildman–Crippen LogP) is 2.83. The molecule has 0 fully saturated rings. The highest BCUT2D eigenvalue weighted by Crippen LogP contribution is 2.25. The van der Waals surface area contributed by atoms with Gasteiger partial charge in [0.25, 0.3) is 0 Å². The van der Waals surface area contributed by atoms with Crippen LogP contribution in [0, 0.1) is 10.1 Å². The van der Waals surface area contributed by atoms with Crippen LogP contribution in [0.3, 0.4) is 0 Å². The Morgan fingerprint density at radius 2 is 2.11 bits per heavy atom. The Bertz CT molecular complexity index is 594. The summed E-state index contributed by atoms with van der Waals surface area (Å²) in [5.41, 5.74) is 6.62. The van der Waals surface area contributed by atoms with E-state index in [1.807, 2.05) is 19.1 Å². The van der Waals surface area contributed by atoms with E-state index in [0.29, 0.717) is 11.4 Å². The quantitative estimate of drug-likeness (QED) is 0.689. The van der Waals surface area contributed by atoms with Crippen LogP contribution in [0.5, 0.6) is 0 Å².